The van der Waals surface area contributed by atoms with E-state index in [2.05, 4.69) is 31.3 Å². The van der Waals surface area contributed by atoms with Gasteiger partial charge >= 0.3 is 0 Å². The van der Waals surface area contributed by atoms with E-state index in [9.17, 15) is 4.79 Å². The number of amides is 1. The van der Waals surface area contributed by atoms with Crippen molar-refractivity contribution in [2.45, 2.75) is 58.7 Å². The number of rotatable bonds is 7. The van der Waals surface area contributed by atoms with Crippen LogP contribution in [0.1, 0.15) is 58.2 Å². The van der Waals surface area contributed by atoms with Crippen molar-refractivity contribution >= 4 is 5.91 Å². The summed E-state index contributed by atoms with van der Waals surface area (Å²) in [6.07, 6.45) is 4.86. The first-order valence-corrected chi connectivity index (χ1v) is 8.28. The molecule has 3 atom stereocenters. The average Bonchev–Trinajstić information content (AvgIpc) is 2.80. The minimum atomic E-state index is -0.0844. The van der Waals surface area contributed by atoms with Crippen molar-refractivity contribution in [2.75, 3.05) is 6.54 Å². The third-order valence-electron chi connectivity index (χ3n) is 4.49. The molecule has 1 fully saturated rings. The summed E-state index contributed by atoms with van der Waals surface area (Å²) in [5.74, 6) is 0.839. The van der Waals surface area contributed by atoms with Crippen molar-refractivity contribution in [3.63, 3.8) is 0 Å². The maximum atomic E-state index is 12.5. The standard InChI is InChI=1S/C18H28N2O/c1-4-6-10-15(5-2)13-20-17(19-14(3)18(20)21)16-11-8-7-9-12-16/h7-9,11-12,14-15,17,19H,4-6,10,13H2,1-3H3. The molecule has 1 aliphatic rings. The first-order valence-electron chi connectivity index (χ1n) is 8.28. The van der Waals surface area contributed by atoms with E-state index in [0.29, 0.717) is 5.92 Å². The van der Waals surface area contributed by atoms with E-state index in [4.69, 9.17) is 0 Å². The number of unbranched alkanes of at least 4 members (excludes halogenated alkanes) is 1. The molecule has 0 radical (unpaired) electrons. The fourth-order valence-corrected chi connectivity index (χ4v) is 3.08. The van der Waals surface area contributed by atoms with Crippen LogP contribution >= 0.6 is 0 Å². The summed E-state index contributed by atoms with van der Waals surface area (Å²) in [6.45, 7) is 7.29. The largest absolute Gasteiger partial charge is 0.321 e. The SMILES string of the molecule is CCCCC(CC)CN1C(=O)C(C)NC1c1ccccc1. The van der Waals surface area contributed by atoms with Gasteiger partial charge < -0.3 is 4.90 Å². The van der Waals surface area contributed by atoms with Gasteiger partial charge in [0.05, 0.1) is 6.04 Å². The minimum Gasteiger partial charge on any atom is -0.321 e. The summed E-state index contributed by atoms with van der Waals surface area (Å²) in [6, 6.07) is 10.2. The monoisotopic (exact) mass is 288 g/mol. The second-order valence-electron chi connectivity index (χ2n) is 6.11. The lowest BCUT2D eigenvalue weighted by Gasteiger charge is -2.28. The number of hydrogen-bond acceptors (Lipinski definition) is 2. The highest BCUT2D eigenvalue weighted by Crippen LogP contribution is 2.27. The zero-order valence-corrected chi connectivity index (χ0v) is 13.5. The maximum Gasteiger partial charge on any atom is 0.241 e. The van der Waals surface area contributed by atoms with E-state index in [1.54, 1.807) is 0 Å². The van der Waals surface area contributed by atoms with Gasteiger partial charge in [0.1, 0.15) is 6.17 Å². The molecule has 1 N–H and O–H groups in total. The fourth-order valence-electron chi connectivity index (χ4n) is 3.08. The van der Waals surface area contributed by atoms with Gasteiger partial charge in [0.25, 0.3) is 0 Å². The van der Waals surface area contributed by atoms with Gasteiger partial charge in [0.2, 0.25) is 5.91 Å². The summed E-state index contributed by atoms with van der Waals surface area (Å²) in [5, 5.41) is 3.43. The molecule has 1 saturated heterocycles. The lowest BCUT2D eigenvalue weighted by molar-refractivity contribution is -0.130. The van der Waals surface area contributed by atoms with Crippen LogP contribution in [0.15, 0.2) is 30.3 Å². The molecule has 0 aromatic heterocycles. The molecule has 1 heterocycles. The van der Waals surface area contributed by atoms with Crippen LogP contribution in [0.4, 0.5) is 0 Å². The van der Waals surface area contributed by atoms with Gasteiger partial charge in [0, 0.05) is 6.54 Å². The number of nitrogens with zero attached hydrogens (tertiary/aromatic N) is 1. The van der Waals surface area contributed by atoms with Gasteiger partial charge in [-0.3, -0.25) is 10.1 Å². The Morgan fingerprint density at radius 2 is 1.95 bits per heavy atom. The van der Waals surface area contributed by atoms with Gasteiger partial charge in [-0.2, -0.15) is 0 Å². The molecular formula is C18H28N2O. The predicted octanol–water partition coefficient (Wildman–Crippen LogP) is 3.72. The van der Waals surface area contributed by atoms with Crippen LogP contribution in [0.3, 0.4) is 0 Å². The fraction of sp³-hybridized carbons (Fsp3) is 0.611. The molecule has 0 aliphatic carbocycles. The first-order chi connectivity index (χ1) is 10.2. The molecule has 1 aliphatic heterocycles. The summed E-state index contributed by atoms with van der Waals surface area (Å²) in [4.78, 5) is 14.5. The molecule has 3 nitrogen and oxygen atoms in total. The Morgan fingerprint density at radius 1 is 1.24 bits per heavy atom. The van der Waals surface area contributed by atoms with Gasteiger partial charge in [0.15, 0.2) is 0 Å². The molecule has 21 heavy (non-hydrogen) atoms. The number of hydrogen-bond donors (Lipinski definition) is 1. The Morgan fingerprint density at radius 3 is 2.57 bits per heavy atom. The number of benzene rings is 1. The third kappa shape index (κ3) is 3.85. The quantitative estimate of drug-likeness (QED) is 0.829. The van der Waals surface area contributed by atoms with Crippen LogP contribution in [0.2, 0.25) is 0 Å². The van der Waals surface area contributed by atoms with Crippen molar-refractivity contribution in [3.8, 4) is 0 Å². The highest BCUT2D eigenvalue weighted by Gasteiger charge is 2.37. The molecule has 0 saturated carbocycles. The summed E-state index contributed by atoms with van der Waals surface area (Å²) in [5.41, 5.74) is 1.18. The number of carbonyl (C=O) groups is 1. The minimum absolute atomic E-state index is 0.0318. The van der Waals surface area contributed by atoms with Gasteiger partial charge in [-0.25, -0.2) is 0 Å². The molecule has 0 bridgehead atoms. The van der Waals surface area contributed by atoms with Crippen LogP contribution in [0.5, 0.6) is 0 Å². The zero-order valence-electron chi connectivity index (χ0n) is 13.5. The highest BCUT2D eigenvalue weighted by atomic mass is 16.2. The molecule has 1 amide bonds. The van der Waals surface area contributed by atoms with E-state index in [1.807, 2.05) is 30.0 Å². The van der Waals surface area contributed by atoms with E-state index in [-0.39, 0.29) is 18.1 Å². The third-order valence-corrected chi connectivity index (χ3v) is 4.49. The number of carbonyl (C=O) groups excluding carboxylic acids is 1. The molecule has 116 valence electrons. The van der Waals surface area contributed by atoms with Crippen LogP contribution < -0.4 is 5.32 Å². The molecule has 1 aromatic carbocycles. The van der Waals surface area contributed by atoms with Crippen LogP contribution in [-0.2, 0) is 4.79 Å². The molecule has 1 aromatic rings. The zero-order chi connectivity index (χ0) is 15.2. The van der Waals surface area contributed by atoms with Crippen molar-refractivity contribution in [3.05, 3.63) is 35.9 Å². The van der Waals surface area contributed by atoms with Gasteiger partial charge in [-0.1, -0.05) is 63.4 Å². The second kappa shape index (κ2) is 7.60. The average molecular weight is 288 g/mol. The van der Waals surface area contributed by atoms with Crippen LogP contribution in [0.25, 0.3) is 0 Å². The van der Waals surface area contributed by atoms with Crippen molar-refractivity contribution in [2.24, 2.45) is 5.92 Å². The topological polar surface area (TPSA) is 32.3 Å². The molecule has 0 spiro atoms. The molecular weight excluding hydrogens is 260 g/mol. The predicted molar refractivity (Wildman–Crippen MR) is 86.8 cm³/mol. The van der Waals surface area contributed by atoms with E-state index in [1.165, 1.54) is 24.8 Å². The van der Waals surface area contributed by atoms with Gasteiger partial charge in [-0.15, -0.1) is 0 Å². The van der Waals surface area contributed by atoms with E-state index >= 15 is 0 Å². The Balaban J connectivity index is 2.11. The Hall–Kier alpha value is -1.35. The molecule has 2 rings (SSSR count). The van der Waals surface area contributed by atoms with Gasteiger partial charge in [-0.05, 0) is 24.8 Å². The Labute approximate surface area is 128 Å². The highest BCUT2D eigenvalue weighted by molar-refractivity contribution is 5.84. The summed E-state index contributed by atoms with van der Waals surface area (Å²) < 4.78 is 0. The molecule has 3 heteroatoms. The first kappa shape index (κ1) is 16.0. The van der Waals surface area contributed by atoms with E-state index in [0.717, 1.165) is 13.0 Å². The Kier molecular flexibility index (Phi) is 5.80. The molecule has 3 unspecified atom stereocenters. The van der Waals surface area contributed by atoms with Crippen molar-refractivity contribution in [1.29, 1.82) is 0 Å². The van der Waals surface area contributed by atoms with Crippen molar-refractivity contribution in [1.82, 2.24) is 10.2 Å². The Bertz CT molecular complexity index is 446. The van der Waals surface area contributed by atoms with E-state index < -0.39 is 0 Å². The lowest BCUT2D eigenvalue weighted by atomic mass is 9.98. The lowest BCUT2D eigenvalue weighted by Crippen LogP contribution is -2.35. The van der Waals surface area contributed by atoms with Crippen LogP contribution in [0, 0.1) is 5.92 Å². The summed E-state index contributed by atoms with van der Waals surface area (Å²) in [7, 11) is 0. The summed E-state index contributed by atoms with van der Waals surface area (Å²) >= 11 is 0. The smallest absolute Gasteiger partial charge is 0.241 e. The number of nitrogens with one attached hydrogen (secondary N) is 1. The normalized spacial score (nSPS) is 23.6. The maximum absolute atomic E-state index is 12.5. The van der Waals surface area contributed by atoms with Crippen molar-refractivity contribution < 1.29 is 4.79 Å². The second-order valence-corrected chi connectivity index (χ2v) is 6.11. The van der Waals surface area contributed by atoms with Crippen LogP contribution in [-0.4, -0.2) is 23.4 Å².